The van der Waals surface area contributed by atoms with E-state index in [1.54, 1.807) is 12.1 Å². The van der Waals surface area contributed by atoms with Crippen LogP contribution in [0, 0.1) is 0 Å². The maximum Gasteiger partial charge on any atom is 0.382 e. The van der Waals surface area contributed by atoms with Crippen LogP contribution >= 0.6 is 0 Å². The summed E-state index contributed by atoms with van der Waals surface area (Å²) in [7, 11) is 0. The second-order valence-electron chi connectivity index (χ2n) is 2.01. The predicted molar refractivity (Wildman–Crippen MR) is 34.9 cm³/mol. The molecular formula is C8H4O2. The third-order valence-corrected chi connectivity index (χ3v) is 1.33. The van der Waals surface area contributed by atoms with Crippen molar-refractivity contribution < 1.29 is 5.11 Å². The Hall–Kier alpha value is -1.53. The van der Waals surface area contributed by atoms with Gasteiger partial charge in [0, 0.05) is 0 Å². The zero-order valence-corrected chi connectivity index (χ0v) is 5.13. The molecule has 0 atom stereocenters. The van der Waals surface area contributed by atoms with Gasteiger partial charge in [0.05, 0.1) is 5.22 Å². The van der Waals surface area contributed by atoms with Crippen molar-refractivity contribution >= 4 is 5.73 Å². The lowest BCUT2D eigenvalue weighted by Crippen LogP contribution is -2.20. The van der Waals surface area contributed by atoms with E-state index in [2.05, 4.69) is 5.73 Å². The zero-order valence-electron chi connectivity index (χ0n) is 5.13. The zero-order chi connectivity index (χ0) is 6.97. The van der Waals surface area contributed by atoms with Gasteiger partial charge in [0.1, 0.15) is 5.43 Å². The molecule has 0 amide bonds. The molecule has 0 spiro atoms. The molecule has 1 aliphatic rings. The highest BCUT2D eigenvalue weighted by molar-refractivity contribution is 5.32. The van der Waals surface area contributed by atoms with Gasteiger partial charge in [-0.05, 0) is 17.9 Å². The summed E-state index contributed by atoms with van der Waals surface area (Å²) < 4.78 is 4.76. The number of fused-ring (bicyclic) bond motifs is 1. The van der Waals surface area contributed by atoms with Crippen LogP contribution < -0.4 is 15.8 Å². The van der Waals surface area contributed by atoms with E-state index in [0.717, 1.165) is 5.22 Å². The summed E-state index contributed by atoms with van der Waals surface area (Å²) in [6.07, 6.45) is 0. The molecule has 0 unspecified atom stereocenters. The molecule has 1 heterocycles. The van der Waals surface area contributed by atoms with Crippen molar-refractivity contribution in [3.8, 4) is 0 Å². The van der Waals surface area contributed by atoms with Crippen molar-refractivity contribution in [1.29, 1.82) is 0 Å². The van der Waals surface area contributed by atoms with Crippen LogP contribution in [0.3, 0.4) is 0 Å². The molecule has 1 aliphatic heterocycles. The summed E-state index contributed by atoms with van der Waals surface area (Å²) in [5.41, 5.74) is 3.14. The molecule has 2 heteroatoms. The lowest BCUT2D eigenvalue weighted by atomic mass is 10.3. The van der Waals surface area contributed by atoms with Gasteiger partial charge in [-0.1, -0.05) is 12.1 Å². The van der Waals surface area contributed by atoms with Crippen molar-refractivity contribution in [3.63, 3.8) is 0 Å². The molecule has 0 fully saturated rings. The molecule has 0 bridgehead atoms. The van der Waals surface area contributed by atoms with Gasteiger partial charge in [0.25, 0.3) is 0 Å². The van der Waals surface area contributed by atoms with E-state index in [0.29, 0.717) is 5.43 Å². The fourth-order valence-electron chi connectivity index (χ4n) is 0.894. The third kappa shape index (κ3) is 0.634. The summed E-state index contributed by atoms with van der Waals surface area (Å²) in [6, 6.07) is 7.19. The molecule has 1 aromatic carbocycles. The molecule has 0 aliphatic carbocycles. The van der Waals surface area contributed by atoms with Gasteiger partial charge in [0.15, 0.2) is 0 Å². The third-order valence-electron chi connectivity index (χ3n) is 1.33. The standard InChI is InChI=1S/C8H4O2/c9-8-5-6-3-1-2-4-7(6)10-8/h1-4H. The van der Waals surface area contributed by atoms with Gasteiger partial charge in [-0.15, -0.1) is 0 Å². The number of rotatable bonds is 0. The van der Waals surface area contributed by atoms with E-state index in [4.69, 9.17) is 4.42 Å². The molecule has 2 nitrogen and oxygen atoms in total. The van der Waals surface area contributed by atoms with Crippen LogP contribution in [0.1, 0.15) is 0 Å². The summed E-state index contributed by atoms with van der Waals surface area (Å²) in [5, 5.41) is 11.3. The van der Waals surface area contributed by atoms with E-state index < -0.39 is 5.95 Å². The topological polar surface area (TPSA) is 34.4 Å². The van der Waals surface area contributed by atoms with E-state index >= 15 is 0 Å². The largest absolute Gasteiger partial charge is 0.416 e. The van der Waals surface area contributed by atoms with Gasteiger partial charge >= 0.3 is 5.95 Å². The first-order chi connectivity index (χ1) is 4.86. The van der Waals surface area contributed by atoms with Crippen LogP contribution in [-0.2, 0) is 0 Å². The maximum atomic E-state index is 10.6. The van der Waals surface area contributed by atoms with Crippen molar-refractivity contribution in [2.45, 2.75) is 0 Å². The predicted octanol–water partition coefficient (Wildman–Crippen LogP) is -1.10. The molecule has 0 N–H and O–H groups in total. The smallest absolute Gasteiger partial charge is 0.382 e. The van der Waals surface area contributed by atoms with Crippen molar-refractivity contribution in [2.24, 2.45) is 0 Å². The first-order valence-corrected chi connectivity index (χ1v) is 2.94. The second kappa shape index (κ2) is 1.72. The van der Waals surface area contributed by atoms with Gasteiger partial charge in [-0.2, -0.15) is 0 Å². The van der Waals surface area contributed by atoms with E-state index in [-0.39, 0.29) is 0 Å². The fraction of sp³-hybridized carbons (Fsp3) is 0. The Balaban J connectivity index is 2.99. The molecule has 1 aromatic rings. The fourth-order valence-corrected chi connectivity index (χ4v) is 0.894. The Morgan fingerprint density at radius 3 is 2.90 bits per heavy atom. The lowest BCUT2D eigenvalue weighted by Gasteiger charge is -1.78. The van der Waals surface area contributed by atoms with Crippen LogP contribution in [0.15, 0.2) is 34.6 Å². The maximum absolute atomic E-state index is 10.6. The molecule has 0 saturated heterocycles. The Bertz CT molecular complexity index is 411. The quantitative estimate of drug-likeness (QED) is 0.412. The highest BCUT2D eigenvalue weighted by Crippen LogP contribution is 1.82. The molecule has 0 aromatic heterocycles. The van der Waals surface area contributed by atoms with Crippen LogP contribution in [0.2, 0.25) is 0 Å². The lowest BCUT2D eigenvalue weighted by molar-refractivity contribution is -0.295. The van der Waals surface area contributed by atoms with Gasteiger partial charge < -0.3 is 4.42 Å². The molecule has 0 saturated carbocycles. The van der Waals surface area contributed by atoms with Crippen molar-refractivity contribution in [2.75, 3.05) is 0 Å². The first kappa shape index (κ1) is 5.27. The Morgan fingerprint density at radius 2 is 2.10 bits per heavy atom. The second-order valence-corrected chi connectivity index (χ2v) is 2.01. The molecule has 0 radical (unpaired) electrons. The van der Waals surface area contributed by atoms with E-state index in [1.807, 2.05) is 12.1 Å². The van der Waals surface area contributed by atoms with Crippen LogP contribution in [0.5, 0.6) is 0 Å². The number of hydrogen-bond donors (Lipinski definition) is 0. The summed E-state index contributed by atoms with van der Waals surface area (Å²) in [6.45, 7) is 0. The molecule has 48 valence electrons. The monoisotopic (exact) mass is 132 g/mol. The van der Waals surface area contributed by atoms with Crippen molar-refractivity contribution in [1.82, 2.24) is 0 Å². The molecule has 2 rings (SSSR count). The van der Waals surface area contributed by atoms with Gasteiger partial charge in [-0.25, -0.2) is 5.11 Å². The summed E-state index contributed by atoms with van der Waals surface area (Å²) in [4.78, 5) is 0. The van der Waals surface area contributed by atoms with Crippen LogP contribution in [-0.4, -0.2) is 0 Å². The highest BCUT2D eigenvalue weighted by atomic mass is 16.5. The molecule has 10 heavy (non-hydrogen) atoms. The van der Waals surface area contributed by atoms with E-state index in [9.17, 15) is 5.11 Å². The summed E-state index contributed by atoms with van der Waals surface area (Å²) in [5.74, 6) is -0.402. The van der Waals surface area contributed by atoms with E-state index in [1.165, 1.54) is 0 Å². The highest BCUT2D eigenvalue weighted by Gasteiger charge is 1.96. The SMILES string of the molecule is [O-]C1=C=c2ccccc2=[O+]1. The number of benzene rings is 1. The Labute approximate surface area is 57.1 Å². The van der Waals surface area contributed by atoms with Crippen molar-refractivity contribution in [3.05, 3.63) is 45.3 Å². The number of para-hydroxylation sites is 1. The number of hydrogen-bond acceptors (Lipinski definition) is 1. The van der Waals surface area contributed by atoms with Crippen LogP contribution in [0.4, 0.5) is 0 Å². The first-order valence-electron chi connectivity index (χ1n) is 2.94. The average Bonchev–Trinajstić information content (AvgIpc) is 2.27. The molecular weight excluding hydrogens is 128 g/mol. The minimum absolute atomic E-state index is 0.402. The summed E-state index contributed by atoms with van der Waals surface area (Å²) >= 11 is 0. The minimum atomic E-state index is -0.402. The van der Waals surface area contributed by atoms with Crippen LogP contribution in [0.25, 0.3) is 5.73 Å². The van der Waals surface area contributed by atoms with Gasteiger partial charge in [-0.3, -0.25) is 0 Å². The Morgan fingerprint density at radius 1 is 1.30 bits per heavy atom. The normalized spacial score (nSPS) is 13.0. The Kier molecular flexibility index (Phi) is 0.908. The van der Waals surface area contributed by atoms with Gasteiger partial charge in [0.2, 0.25) is 0 Å². The average molecular weight is 132 g/mol. The minimum Gasteiger partial charge on any atom is -0.416 e.